The third-order valence-electron chi connectivity index (χ3n) is 2.52. The van der Waals surface area contributed by atoms with Crippen LogP contribution in [0.3, 0.4) is 0 Å². The molecule has 16 heavy (non-hydrogen) atoms. The van der Waals surface area contributed by atoms with E-state index in [0.29, 0.717) is 13.1 Å². The first kappa shape index (κ1) is 13.2. The first-order chi connectivity index (χ1) is 7.63. The van der Waals surface area contributed by atoms with Crippen LogP contribution in [0.1, 0.15) is 29.5 Å². The summed E-state index contributed by atoms with van der Waals surface area (Å²) in [5, 5.41) is 2.95. The molecule has 0 saturated heterocycles. The molecule has 1 amide bonds. The summed E-state index contributed by atoms with van der Waals surface area (Å²) in [4.78, 5) is 14.2. The number of rotatable bonds is 6. The van der Waals surface area contributed by atoms with E-state index in [-0.39, 0.29) is 11.8 Å². The Kier molecular flexibility index (Phi) is 5.49. The van der Waals surface area contributed by atoms with Crippen molar-refractivity contribution in [2.24, 2.45) is 11.7 Å². The van der Waals surface area contributed by atoms with Crippen molar-refractivity contribution < 1.29 is 4.79 Å². The zero-order chi connectivity index (χ0) is 12.0. The van der Waals surface area contributed by atoms with Gasteiger partial charge in [-0.2, -0.15) is 0 Å². The van der Waals surface area contributed by atoms with Crippen molar-refractivity contribution in [3.63, 3.8) is 0 Å². The van der Waals surface area contributed by atoms with E-state index in [1.54, 1.807) is 11.3 Å². The Morgan fingerprint density at radius 2 is 2.31 bits per heavy atom. The number of nitrogens with one attached hydrogen (secondary N) is 1. The van der Waals surface area contributed by atoms with Crippen LogP contribution in [0.5, 0.6) is 0 Å². The van der Waals surface area contributed by atoms with Gasteiger partial charge in [0.1, 0.15) is 0 Å². The van der Waals surface area contributed by atoms with Gasteiger partial charge >= 0.3 is 0 Å². The van der Waals surface area contributed by atoms with Gasteiger partial charge in [-0.1, -0.05) is 6.92 Å². The summed E-state index contributed by atoms with van der Waals surface area (Å²) in [6.45, 7) is 5.32. The Hall–Kier alpha value is -0.870. The van der Waals surface area contributed by atoms with E-state index >= 15 is 0 Å². The van der Waals surface area contributed by atoms with Crippen molar-refractivity contribution in [1.29, 1.82) is 0 Å². The number of hydrogen-bond acceptors (Lipinski definition) is 3. The second-order valence-corrected chi connectivity index (χ2v) is 5.43. The molecular formula is C12H20N2OS. The second-order valence-electron chi connectivity index (χ2n) is 4.06. The Labute approximate surface area is 101 Å². The Bertz CT molecular complexity index is 336. The summed E-state index contributed by atoms with van der Waals surface area (Å²) in [5.74, 6) is 0.184. The molecule has 1 aromatic heterocycles. The predicted molar refractivity (Wildman–Crippen MR) is 68.4 cm³/mol. The van der Waals surface area contributed by atoms with E-state index in [4.69, 9.17) is 5.73 Å². The van der Waals surface area contributed by atoms with Gasteiger partial charge in [0, 0.05) is 15.7 Å². The summed E-state index contributed by atoms with van der Waals surface area (Å²) in [6.07, 6.45) is 1.78. The molecule has 4 heteroatoms. The van der Waals surface area contributed by atoms with Crippen LogP contribution in [0.2, 0.25) is 0 Å². The summed E-state index contributed by atoms with van der Waals surface area (Å²) in [6, 6.07) is 4.13. The molecule has 1 heterocycles. The fourth-order valence-electron chi connectivity index (χ4n) is 1.48. The molecule has 0 aliphatic carbocycles. The van der Waals surface area contributed by atoms with Gasteiger partial charge in [-0.25, -0.2) is 0 Å². The third kappa shape index (κ3) is 4.33. The fourth-order valence-corrected chi connectivity index (χ4v) is 2.31. The van der Waals surface area contributed by atoms with Crippen LogP contribution in [0.4, 0.5) is 0 Å². The molecule has 0 radical (unpaired) electrons. The average Bonchev–Trinajstić information content (AvgIpc) is 2.68. The third-order valence-corrected chi connectivity index (χ3v) is 3.52. The first-order valence-electron chi connectivity index (χ1n) is 5.66. The topological polar surface area (TPSA) is 55.1 Å². The van der Waals surface area contributed by atoms with E-state index in [0.717, 1.165) is 12.8 Å². The predicted octanol–water partition coefficient (Wildman–Crippen LogP) is 2.05. The molecule has 1 aromatic rings. The summed E-state index contributed by atoms with van der Waals surface area (Å²) in [5.41, 5.74) is 5.41. The molecule has 3 N–H and O–H groups in total. The summed E-state index contributed by atoms with van der Waals surface area (Å²) in [7, 11) is 0. The number of hydrogen-bond donors (Lipinski definition) is 2. The van der Waals surface area contributed by atoms with E-state index in [2.05, 4.69) is 24.4 Å². The van der Waals surface area contributed by atoms with E-state index in [1.807, 2.05) is 6.92 Å². The maximum Gasteiger partial charge on any atom is 0.223 e. The van der Waals surface area contributed by atoms with Crippen molar-refractivity contribution in [2.75, 3.05) is 6.54 Å². The van der Waals surface area contributed by atoms with Crippen molar-refractivity contribution in [1.82, 2.24) is 5.32 Å². The highest BCUT2D eigenvalue weighted by atomic mass is 32.1. The largest absolute Gasteiger partial charge is 0.351 e. The quantitative estimate of drug-likeness (QED) is 0.799. The molecule has 0 aliphatic heterocycles. The van der Waals surface area contributed by atoms with Gasteiger partial charge in [0.25, 0.3) is 0 Å². The lowest BCUT2D eigenvalue weighted by Gasteiger charge is -2.10. The molecule has 90 valence electrons. The lowest BCUT2D eigenvalue weighted by molar-refractivity contribution is -0.124. The normalized spacial score (nSPS) is 12.4. The van der Waals surface area contributed by atoms with E-state index < -0.39 is 0 Å². The molecule has 1 atom stereocenters. The molecule has 1 rings (SSSR count). The zero-order valence-corrected chi connectivity index (χ0v) is 10.8. The average molecular weight is 240 g/mol. The molecule has 0 bridgehead atoms. The van der Waals surface area contributed by atoms with Crippen molar-refractivity contribution in [2.45, 2.75) is 33.2 Å². The number of aryl methyl sites for hydroxylation is 1. The minimum Gasteiger partial charge on any atom is -0.351 e. The number of amides is 1. The van der Waals surface area contributed by atoms with Crippen molar-refractivity contribution in [3.05, 3.63) is 21.9 Å². The van der Waals surface area contributed by atoms with Crippen LogP contribution >= 0.6 is 11.3 Å². The highest BCUT2D eigenvalue weighted by Gasteiger charge is 2.11. The summed E-state index contributed by atoms with van der Waals surface area (Å²) >= 11 is 1.72. The first-order valence-corrected chi connectivity index (χ1v) is 6.48. The standard InChI is InChI=1S/C12H20N2OS/c1-9(4-3-7-13)12(15)14-8-11-6-5-10(2)16-11/h5-6,9H,3-4,7-8,13H2,1-2H3,(H,14,15). The van der Waals surface area contributed by atoms with Gasteiger partial charge in [-0.05, 0) is 38.4 Å². The number of carbonyl (C=O) groups is 1. The lowest BCUT2D eigenvalue weighted by atomic mass is 10.1. The van der Waals surface area contributed by atoms with Gasteiger partial charge < -0.3 is 11.1 Å². The van der Waals surface area contributed by atoms with Gasteiger partial charge in [-0.3, -0.25) is 4.79 Å². The molecule has 0 aromatic carbocycles. The number of carbonyl (C=O) groups excluding carboxylic acids is 1. The van der Waals surface area contributed by atoms with Gasteiger partial charge in [0.2, 0.25) is 5.91 Å². The Morgan fingerprint density at radius 3 is 2.88 bits per heavy atom. The number of nitrogens with two attached hydrogens (primary N) is 1. The van der Waals surface area contributed by atoms with Crippen molar-refractivity contribution >= 4 is 17.2 Å². The Morgan fingerprint density at radius 1 is 1.56 bits per heavy atom. The highest BCUT2D eigenvalue weighted by molar-refractivity contribution is 7.11. The highest BCUT2D eigenvalue weighted by Crippen LogP contribution is 2.14. The molecule has 1 unspecified atom stereocenters. The zero-order valence-electron chi connectivity index (χ0n) is 9.95. The van der Waals surface area contributed by atoms with Crippen LogP contribution in [-0.4, -0.2) is 12.5 Å². The molecule has 3 nitrogen and oxygen atoms in total. The number of thiophene rings is 1. The summed E-state index contributed by atoms with van der Waals surface area (Å²) < 4.78 is 0. The van der Waals surface area contributed by atoms with Crippen LogP contribution in [0.25, 0.3) is 0 Å². The van der Waals surface area contributed by atoms with Gasteiger partial charge in [-0.15, -0.1) is 11.3 Å². The molecule has 0 spiro atoms. The fraction of sp³-hybridized carbons (Fsp3) is 0.583. The maximum atomic E-state index is 11.7. The minimum atomic E-state index is 0.0598. The van der Waals surface area contributed by atoms with Gasteiger partial charge in [0.15, 0.2) is 0 Å². The minimum absolute atomic E-state index is 0.0598. The van der Waals surface area contributed by atoms with E-state index in [9.17, 15) is 4.79 Å². The maximum absolute atomic E-state index is 11.7. The van der Waals surface area contributed by atoms with E-state index in [1.165, 1.54) is 9.75 Å². The molecular weight excluding hydrogens is 220 g/mol. The SMILES string of the molecule is Cc1ccc(CNC(=O)C(C)CCCN)s1. The van der Waals surface area contributed by atoms with Crippen LogP contribution in [0, 0.1) is 12.8 Å². The molecule has 0 saturated carbocycles. The second kappa shape index (κ2) is 6.66. The van der Waals surface area contributed by atoms with Gasteiger partial charge in [0.05, 0.1) is 6.54 Å². The Balaban J connectivity index is 2.29. The van der Waals surface area contributed by atoms with Crippen LogP contribution in [-0.2, 0) is 11.3 Å². The lowest BCUT2D eigenvalue weighted by Crippen LogP contribution is -2.28. The molecule has 0 aliphatic rings. The van der Waals surface area contributed by atoms with Crippen molar-refractivity contribution in [3.8, 4) is 0 Å². The van der Waals surface area contributed by atoms with Crippen LogP contribution < -0.4 is 11.1 Å². The monoisotopic (exact) mass is 240 g/mol. The smallest absolute Gasteiger partial charge is 0.223 e. The van der Waals surface area contributed by atoms with Crippen LogP contribution in [0.15, 0.2) is 12.1 Å². The molecule has 0 fully saturated rings.